The van der Waals surface area contributed by atoms with Gasteiger partial charge in [-0.2, -0.15) is 0 Å². The van der Waals surface area contributed by atoms with Crippen molar-refractivity contribution in [2.45, 2.75) is 58.3 Å². The summed E-state index contributed by atoms with van der Waals surface area (Å²) in [6, 6.07) is 12.9. The van der Waals surface area contributed by atoms with Gasteiger partial charge < -0.3 is 30.1 Å². The predicted molar refractivity (Wildman–Crippen MR) is 163 cm³/mol. The Morgan fingerprint density at radius 3 is 2.48 bits per heavy atom. The molecule has 3 N–H and O–H groups in total. The number of carbonyl (C=O) groups is 2. The van der Waals surface area contributed by atoms with Gasteiger partial charge in [0.2, 0.25) is 10.0 Å². The molecule has 1 aliphatic heterocycles. The number of nitrogens with one attached hydrogen (secondary N) is 2. The maximum absolute atomic E-state index is 14.1. The summed E-state index contributed by atoms with van der Waals surface area (Å²) in [7, 11) is -1.93. The Morgan fingerprint density at radius 1 is 1.12 bits per heavy atom. The van der Waals surface area contributed by atoms with Crippen LogP contribution in [0.25, 0.3) is 0 Å². The summed E-state index contributed by atoms with van der Waals surface area (Å²) >= 11 is 0. The van der Waals surface area contributed by atoms with E-state index in [-0.39, 0.29) is 43.2 Å². The number of benzene rings is 2. The molecule has 4 atom stereocenters. The lowest BCUT2D eigenvalue weighted by Gasteiger charge is -2.35. The summed E-state index contributed by atoms with van der Waals surface area (Å²) in [5.41, 5.74) is 1.26. The number of likely N-dealkylation sites (N-methyl/N-ethyl adjacent to an activating group) is 1. The molecule has 0 aromatic heterocycles. The van der Waals surface area contributed by atoms with E-state index in [1.165, 1.54) is 11.4 Å². The van der Waals surface area contributed by atoms with E-state index < -0.39 is 28.2 Å². The number of hydrogen-bond donors (Lipinski definition) is 3. The van der Waals surface area contributed by atoms with Crippen molar-refractivity contribution in [3.8, 4) is 5.75 Å². The fourth-order valence-electron chi connectivity index (χ4n) is 4.67. The van der Waals surface area contributed by atoms with Gasteiger partial charge in [0.25, 0.3) is 5.91 Å². The zero-order valence-corrected chi connectivity index (χ0v) is 25.9. The first-order chi connectivity index (χ1) is 19.9. The second-order valence-corrected chi connectivity index (χ2v) is 13.1. The highest BCUT2D eigenvalue weighted by molar-refractivity contribution is 7.88. The highest BCUT2D eigenvalue weighted by Crippen LogP contribution is 2.28. The van der Waals surface area contributed by atoms with Gasteiger partial charge in [-0.1, -0.05) is 25.1 Å². The third-order valence-electron chi connectivity index (χ3n) is 7.34. The fraction of sp³-hybridized carbons (Fsp3) is 0.533. The first-order valence-electron chi connectivity index (χ1n) is 14.3. The summed E-state index contributed by atoms with van der Waals surface area (Å²) in [5.74, 6) is -0.271. The van der Waals surface area contributed by atoms with Crippen molar-refractivity contribution in [3.05, 3.63) is 54.1 Å². The van der Waals surface area contributed by atoms with Gasteiger partial charge in [0, 0.05) is 44.0 Å². The first kappa shape index (κ1) is 33.3. The third-order valence-corrected chi connectivity index (χ3v) is 8.63. The van der Waals surface area contributed by atoms with E-state index in [1.807, 2.05) is 32.0 Å². The second kappa shape index (κ2) is 15.3. The largest absolute Gasteiger partial charge is 0.490 e. The number of aliphatic hydroxyl groups is 1. The van der Waals surface area contributed by atoms with Gasteiger partial charge in [-0.25, -0.2) is 17.5 Å². The molecule has 0 bridgehead atoms. The fourth-order valence-corrected chi connectivity index (χ4v) is 5.08. The van der Waals surface area contributed by atoms with E-state index >= 15 is 0 Å². The van der Waals surface area contributed by atoms with Crippen molar-refractivity contribution in [2.24, 2.45) is 5.92 Å². The number of ether oxygens (including phenoxy) is 2. The molecule has 232 valence electrons. The van der Waals surface area contributed by atoms with E-state index in [2.05, 4.69) is 10.6 Å². The molecule has 2 aromatic carbocycles. The lowest BCUT2D eigenvalue weighted by atomic mass is 10.0. The van der Waals surface area contributed by atoms with Crippen LogP contribution in [0.15, 0.2) is 48.5 Å². The lowest BCUT2D eigenvalue weighted by Crippen LogP contribution is -2.47. The Labute approximate surface area is 249 Å². The van der Waals surface area contributed by atoms with Gasteiger partial charge in [0.05, 0.1) is 36.7 Å². The van der Waals surface area contributed by atoms with Crippen LogP contribution in [-0.4, -0.2) is 92.5 Å². The standard InChI is InChI=1S/C30H44N4O7S/c1-21-18-34(22(2)20-35)29(36)26-17-25(32-30(37)31-24-12-7-6-8-13-24)14-15-27(26)41-23(3)11-9-10-16-40-28(21)19-33(4)42(5,38)39/h6-8,12-15,17,21-23,28,35H,9-11,16,18-20H2,1-5H3,(H2,31,32,37)/t21-,22+,23-,28+/m0/s1. The maximum atomic E-state index is 14.1. The number of sulfonamides is 1. The highest BCUT2D eigenvalue weighted by Gasteiger charge is 2.31. The summed E-state index contributed by atoms with van der Waals surface area (Å²) in [6.07, 6.45) is 2.78. The van der Waals surface area contributed by atoms with Crippen molar-refractivity contribution >= 4 is 33.3 Å². The summed E-state index contributed by atoms with van der Waals surface area (Å²) < 4.78 is 37.9. The Morgan fingerprint density at radius 2 is 1.81 bits per heavy atom. The minimum atomic E-state index is -3.44. The number of urea groups is 1. The molecule has 3 rings (SSSR count). The van der Waals surface area contributed by atoms with Crippen molar-refractivity contribution in [3.63, 3.8) is 0 Å². The maximum Gasteiger partial charge on any atom is 0.323 e. The van der Waals surface area contributed by atoms with Gasteiger partial charge >= 0.3 is 6.03 Å². The van der Waals surface area contributed by atoms with Gasteiger partial charge in [0.1, 0.15) is 5.75 Å². The zero-order chi connectivity index (χ0) is 30.9. The molecule has 0 unspecified atom stereocenters. The van der Waals surface area contributed by atoms with Crippen LogP contribution in [-0.2, 0) is 14.8 Å². The summed E-state index contributed by atoms with van der Waals surface area (Å²) in [5, 5.41) is 15.6. The van der Waals surface area contributed by atoms with Crippen LogP contribution < -0.4 is 15.4 Å². The van der Waals surface area contributed by atoms with E-state index in [4.69, 9.17) is 9.47 Å². The van der Waals surface area contributed by atoms with Gasteiger partial charge in [-0.05, 0) is 63.4 Å². The van der Waals surface area contributed by atoms with Crippen LogP contribution in [0.2, 0.25) is 0 Å². The summed E-state index contributed by atoms with van der Waals surface area (Å²) in [4.78, 5) is 28.4. The van der Waals surface area contributed by atoms with Crippen LogP contribution in [0.5, 0.6) is 5.75 Å². The Kier molecular flexibility index (Phi) is 12.2. The molecule has 0 spiro atoms. The molecule has 11 nitrogen and oxygen atoms in total. The number of nitrogens with zero attached hydrogens (tertiary/aromatic N) is 2. The zero-order valence-electron chi connectivity index (χ0n) is 25.1. The highest BCUT2D eigenvalue weighted by atomic mass is 32.2. The molecular weight excluding hydrogens is 560 g/mol. The van der Waals surface area contributed by atoms with Gasteiger partial charge in [-0.3, -0.25) is 4.79 Å². The quantitative estimate of drug-likeness (QED) is 0.434. The molecule has 0 aliphatic carbocycles. The lowest BCUT2D eigenvalue weighted by molar-refractivity contribution is -0.00828. The second-order valence-electron chi connectivity index (χ2n) is 11.0. The van der Waals surface area contributed by atoms with E-state index in [1.54, 1.807) is 42.2 Å². The normalized spacial score (nSPS) is 21.5. The van der Waals surface area contributed by atoms with Crippen molar-refractivity contribution in [1.29, 1.82) is 0 Å². The van der Waals surface area contributed by atoms with Crippen LogP contribution in [0, 0.1) is 5.92 Å². The van der Waals surface area contributed by atoms with Crippen molar-refractivity contribution < 1.29 is 32.6 Å². The number of hydrogen-bond acceptors (Lipinski definition) is 7. The molecule has 1 heterocycles. The molecule has 2 aromatic rings. The molecule has 12 heteroatoms. The molecular formula is C30H44N4O7S. The molecule has 42 heavy (non-hydrogen) atoms. The van der Waals surface area contributed by atoms with E-state index in [9.17, 15) is 23.1 Å². The Balaban J connectivity index is 1.95. The monoisotopic (exact) mass is 604 g/mol. The van der Waals surface area contributed by atoms with Crippen LogP contribution in [0.4, 0.5) is 16.2 Å². The number of aliphatic hydroxyl groups excluding tert-OH is 1. The molecule has 0 saturated heterocycles. The number of amides is 3. The topological polar surface area (TPSA) is 138 Å². The number of carbonyl (C=O) groups excluding carboxylic acids is 2. The van der Waals surface area contributed by atoms with Crippen molar-refractivity contribution in [1.82, 2.24) is 9.21 Å². The average Bonchev–Trinajstić information content (AvgIpc) is 2.94. The average molecular weight is 605 g/mol. The van der Waals surface area contributed by atoms with Crippen LogP contribution in [0.3, 0.4) is 0 Å². The minimum Gasteiger partial charge on any atom is -0.490 e. The Hall–Kier alpha value is -3.19. The molecule has 0 fully saturated rings. The van der Waals surface area contributed by atoms with E-state index in [0.717, 1.165) is 25.5 Å². The van der Waals surface area contributed by atoms with Crippen LogP contribution in [0.1, 0.15) is 50.4 Å². The predicted octanol–water partition coefficient (Wildman–Crippen LogP) is 4.02. The molecule has 0 saturated carbocycles. The van der Waals surface area contributed by atoms with Crippen LogP contribution >= 0.6 is 0 Å². The molecule has 1 aliphatic rings. The molecule has 3 amide bonds. The number of anilines is 2. The smallest absolute Gasteiger partial charge is 0.323 e. The summed E-state index contributed by atoms with van der Waals surface area (Å²) in [6.45, 7) is 6.07. The van der Waals surface area contributed by atoms with Gasteiger partial charge in [0.15, 0.2) is 0 Å². The SMILES string of the molecule is C[C@H](CO)N1C[C@H](C)[C@@H](CN(C)S(C)(=O)=O)OCCCC[C@H](C)Oc2ccc(NC(=O)Nc3ccccc3)cc2C1=O. The number of rotatable bonds is 7. The van der Waals surface area contributed by atoms with Crippen molar-refractivity contribution in [2.75, 3.05) is 50.2 Å². The first-order valence-corrected chi connectivity index (χ1v) is 16.1. The Bertz CT molecular complexity index is 1290. The third kappa shape index (κ3) is 9.69. The molecule has 0 radical (unpaired) electrons. The minimum absolute atomic E-state index is 0.135. The number of fused-ring (bicyclic) bond motifs is 1. The number of para-hydroxylation sites is 1. The van der Waals surface area contributed by atoms with Gasteiger partial charge in [-0.15, -0.1) is 0 Å². The van der Waals surface area contributed by atoms with E-state index in [0.29, 0.717) is 23.7 Å².